The van der Waals surface area contributed by atoms with Gasteiger partial charge in [0.2, 0.25) is 5.88 Å². The zero-order valence-electron chi connectivity index (χ0n) is 8.36. The third kappa shape index (κ3) is 2.14. The topological polar surface area (TPSA) is 90.1 Å². The number of rotatable bonds is 3. The average Bonchev–Trinajstić information content (AvgIpc) is 2.64. The molecule has 82 valence electrons. The van der Waals surface area contributed by atoms with Gasteiger partial charge in [-0.15, -0.1) is 0 Å². The van der Waals surface area contributed by atoms with Crippen LogP contribution in [-0.4, -0.2) is 30.8 Å². The number of ether oxygens (including phenoxy) is 1. The number of hydrogen-bond acceptors (Lipinski definition) is 5. The molecule has 0 aliphatic carbocycles. The second kappa shape index (κ2) is 3.97. The van der Waals surface area contributed by atoms with Gasteiger partial charge in [0.15, 0.2) is 11.4 Å². The highest BCUT2D eigenvalue weighted by atomic mass is 16.5. The highest BCUT2D eigenvalue weighted by Crippen LogP contribution is 2.16. The fourth-order valence-corrected chi connectivity index (χ4v) is 1.07. The maximum atomic E-state index is 10.6. The van der Waals surface area contributed by atoms with Gasteiger partial charge >= 0.3 is 5.97 Å². The van der Waals surface area contributed by atoms with E-state index in [-0.39, 0.29) is 11.6 Å². The summed E-state index contributed by atoms with van der Waals surface area (Å²) in [6, 6.07) is 0. The smallest absolute Gasteiger partial charge is 0.356 e. The highest BCUT2D eigenvalue weighted by Gasteiger charge is 2.07. The number of carboxylic acid groups (broad SMARTS) is 1. The molecule has 1 N–H and O–H groups in total. The molecule has 0 saturated carbocycles. The van der Waals surface area contributed by atoms with Crippen molar-refractivity contribution in [2.24, 2.45) is 7.05 Å². The van der Waals surface area contributed by atoms with Crippen LogP contribution in [0.5, 0.6) is 11.6 Å². The van der Waals surface area contributed by atoms with Gasteiger partial charge in [-0.3, -0.25) is 9.67 Å². The molecule has 2 rings (SSSR count). The first-order valence-corrected chi connectivity index (χ1v) is 4.37. The summed E-state index contributed by atoms with van der Waals surface area (Å²) in [5, 5.41) is 12.6. The molecule has 0 atom stereocenters. The summed E-state index contributed by atoms with van der Waals surface area (Å²) in [4.78, 5) is 18.1. The summed E-state index contributed by atoms with van der Waals surface area (Å²) < 4.78 is 6.83. The van der Waals surface area contributed by atoms with E-state index in [0.717, 1.165) is 6.20 Å². The minimum atomic E-state index is -1.15. The van der Waals surface area contributed by atoms with E-state index >= 15 is 0 Å². The van der Waals surface area contributed by atoms with Crippen LogP contribution in [0, 0.1) is 0 Å². The van der Waals surface area contributed by atoms with Gasteiger partial charge in [-0.05, 0) is 0 Å². The molecular formula is C9H8N4O3. The lowest BCUT2D eigenvalue weighted by molar-refractivity contribution is 0.0689. The third-order valence-corrected chi connectivity index (χ3v) is 1.74. The Hall–Kier alpha value is -2.44. The second-order valence-electron chi connectivity index (χ2n) is 3.00. The summed E-state index contributed by atoms with van der Waals surface area (Å²) in [5.41, 5.74) is -0.165. The average molecular weight is 220 g/mol. The van der Waals surface area contributed by atoms with Crippen LogP contribution in [0.4, 0.5) is 0 Å². The lowest BCUT2D eigenvalue weighted by Gasteiger charge is -2.00. The van der Waals surface area contributed by atoms with E-state index in [1.54, 1.807) is 17.9 Å². The molecule has 7 nitrogen and oxygen atoms in total. The zero-order chi connectivity index (χ0) is 11.5. The van der Waals surface area contributed by atoms with Crippen LogP contribution in [0.3, 0.4) is 0 Å². The number of aryl methyl sites for hydroxylation is 1. The molecule has 0 spiro atoms. The molecule has 2 aromatic rings. The van der Waals surface area contributed by atoms with Gasteiger partial charge in [0, 0.05) is 7.05 Å². The van der Waals surface area contributed by atoms with Crippen molar-refractivity contribution in [3.63, 3.8) is 0 Å². The van der Waals surface area contributed by atoms with Crippen LogP contribution >= 0.6 is 0 Å². The fraction of sp³-hybridized carbons (Fsp3) is 0.111. The van der Waals surface area contributed by atoms with Crippen molar-refractivity contribution in [1.29, 1.82) is 0 Å². The van der Waals surface area contributed by atoms with Gasteiger partial charge in [0.05, 0.1) is 24.8 Å². The van der Waals surface area contributed by atoms with Gasteiger partial charge in [0.25, 0.3) is 0 Å². The van der Waals surface area contributed by atoms with Crippen LogP contribution in [-0.2, 0) is 7.05 Å². The molecule has 2 aromatic heterocycles. The van der Waals surface area contributed by atoms with E-state index in [1.165, 1.54) is 12.4 Å². The summed E-state index contributed by atoms with van der Waals surface area (Å²) in [6.45, 7) is 0. The fourth-order valence-electron chi connectivity index (χ4n) is 1.07. The Labute approximate surface area is 90.3 Å². The maximum absolute atomic E-state index is 10.6. The molecule has 0 unspecified atom stereocenters. The molecule has 0 aliphatic rings. The summed E-state index contributed by atoms with van der Waals surface area (Å²) in [6.07, 6.45) is 5.61. The van der Waals surface area contributed by atoms with Crippen molar-refractivity contribution in [1.82, 2.24) is 19.7 Å². The van der Waals surface area contributed by atoms with Gasteiger partial charge < -0.3 is 9.84 Å². The number of carbonyl (C=O) groups is 1. The van der Waals surface area contributed by atoms with E-state index < -0.39 is 5.97 Å². The lowest BCUT2D eigenvalue weighted by atomic mass is 10.5. The Morgan fingerprint density at radius 2 is 2.25 bits per heavy atom. The Bertz CT molecular complexity index is 523. The predicted molar refractivity (Wildman–Crippen MR) is 52.3 cm³/mol. The quantitative estimate of drug-likeness (QED) is 0.818. The van der Waals surface area contributed by atoms with Crippen LogP contribution in [0.15, 0.2) is 24.8 Å². The molecular weight excluding hydrogens is 212 g/mol. The number of aromatic nitrogens is 4. The first kappa shape index (κ1) is 10.1. The molecule has 16 heavy (non-hydrogen) atoms. The van der Waals surface area contributed by atoms with Crippen molar-refractivity contribution < 1.29 is 14.6 Å². The van der Waals surface area contributed by atoms with E-state index in [4.69, 9.17) is 9.84 Å². The van der Waals surface area contributed by atoms with Gasteiger partial charge in [0.1, 0.15) is 0 Å². The minimum absolute atomic E-state index is 0.118. The van der Waals surface area contributed by atoms with Crippen LogP contribution < -0.4 is 4.74 Å². The Morgan fingerprint density at radius 1 is 1.44 bits per heavy atom. The Kier molecular flexibility index (Phi) is 2.50. The van der Waals surface area contributed by atoms with E-state index in [9.17, 15) is 4.79 Å². The molecule has 0 aromatic carbocycles. The van der Waals surface area contributed by atoms with Crippen molar-refractivity contribution in [2.45, 2.75) is 0 Å². The van der Waals surface area contributed by atoms with Crippen LogP contribution in [0.25, 0.3) is 0 Å². The SMILES string of the molecule is Cn1cc(Oc2cncc(C(=O)O)n2)cn1. The number of carboxylic acids is 1. The molecule has 0 aliphatic heterocycles. The molecule has 0 radical (unpaired) electrons. The first-order chi connectivity index (χ1) is 7.65. The molecule has 7 heteroatoms. The van der Waals surface area contributed by atoms with Crippen molar-refractivity contribution in [3.8, 4) is 11.6 Å². The Morgan fingerprint density at radius 3 is 2.88 bits per heavy atom. The highest BCUT2D eigenvalue weighted by molar-refractivity contribution is 5.84. The van der Waals surface area contributed by atoms with E-state index in [0.29, 0.717) is 5.75 Å². The lowest BCUT2D eigenvalue weighted by Crippen LogP contribution is -2.01. The molecule has 0 amide bonds. The molecule has 0 bridgehead atoms. The van der Waals surface area contributed by atoms with Crippen LogP contribution in [0.1, 0.15) is 10.5 Å². The minimum Gasteiger partial charge on any atom is -0.476 e. The predicted octanol–water partition coefficient (Wildman–Crippen LogP) is 0.701. The summed E-state index contributed by atoms with van der Waals surface area (Å²) in [7, 11) is 1.74. The van der Waals surface area contributed by atoms with Gasteiger partial charge in [-0.25, -0.2) is 9.78 Å². The second-order valence-corrected chi connectivity index (χ2v) is 3.00. The standard InChI is InChI=1S/C9H8N4O3/c1-13-5-6(2-11-13)16-8-4-10-3-7(12-8)9(14)15/h2-5H,1H3,(H,14,15). The summed E-state index contributed by atoms with van der Waals surface area (Å²) in [5.74, 6) is -0.559. The maximum Gasteiger partial charge on any atom is 0.356 e. The Balaban J connectivity index is 2.21. The number of aromatic carboxylic acids is 1. The van der Waals surface area contributed by atoms with Crippen molar-refractivity contribution >= 4 is 5.97 Å². The normalized spacial score (nSPS) is 10.1. The van der Waals surface area contributed by atoms with Crippen molar-refractivity contribution in [2.75, 3.05) is 0 Å². The molecule has 2 heterocycles. The zero-order valence-corrected chi connectivity index (χ0v) is 8.36. The summed E-state index contributed by atoms with van der Waals surface area (Å²) >= 11 is 0. The van der Waals surface area contributed by atoms with Gasteiger partial charge in [-0.2, -0.15) is 5.10 Å². The van der Waals surface area contributed by atoms with E-state index in [2.05, 4.69) is 15.1 Å². The van der Waals surface area contributed by atoms with E-state index in [1.807, 2.05) is 0 Å². The first-order valence-electron chi connectivity index (χ1n) is 4.37. The van der Waals surface area contributed by atoms with Crippen LogP contribution in [0.2, 0.25) is 0 Å². The van der Waals surface area contributed by atoms with Crippen molar-refractivity contribution in [3.05, 3.63) is 30.5 Å². The third-order valence-electron chi connectivity index (χ3n) is 1.74. The number of hydrogen-bond donors (Lipinski definition) is 1. The molecule has 0 saturated heterocycles. The number of nitrogens with zero attached hydrogens (tertiary/aromatic N) is 4. The monoisotopic (exact) mass is 220 g/mol. The largest absolute Gasteiger partial charge is 0.476 e. The van der Waals surface area contributed by atoms with Gasteiger partial charge in [-0.1, -0.05) is 0 Å². The molecule has 0 fully saturated rings.